The summed E-state index contributed by atoms with van der Waals surface area (Å²) in [5, 5.41) is 0.560. The normalized spacial score (nSPS) is 12.5. The van der Waals surface area contributed by atoms with Crippen LogP contribution in [0.4, 0.5) is 0 Å². The van der Waals surface area contributed by atoms with Crippen LogP contribution in [0, 0.1) is 0 Å². The van der Waals surface area contributed by atoms with Gasteiger partial charge in [0, 0.05) is 10.8 Å². The first-order valence-electron chi connectivity index (χ1n) is 9.20. The van der Waals surface area contributed by atoms with Crippen LogP contribution < -0.4 is 9.47 Å². The Hall–Kier alpha value is -2.90. The molecule has 1 unspecified atom stereocenters. The van der Waals surface area contributed by atoms with Crippen LogP contribution in [0.2, 0.25) is 0 Å². The molecule has 0 heterocycles. The van der Waals surface area contributed by atoms with Crippen molar-refractivity contribution < 1.29 is 27.2 Å². The van der Waals surface area contributed by atoms with Crippen molar-refractivity contribution in [3.05, 3.63) is 66.2 Å². The van der Waals surface area contributed by atoms with Gasteiger partial charge in [0.1, 0.15) is 21.6 Å². The predicted octanol–water partition coefficient (Wildman–Crippen LogP) is 4.24. The average Bonchev–Trinajstić information content (AvgIpc) is 2.71. The van der Waals surface area contributed by atoms with Gasteiger partial charge in [-0.2, -0.15) is 0 Å². The Balaban J connectivity index is 1.72. The molecular formula is C22H21O6S-. The summed E-state index contributed by atoms with van der Waals surface area (Å²) in [7, 11) is -4.65. The topological polar surface area (TPSA) is 92.7 Å². The van der Waals surface area contributed by atoms with Crippen LogP contribution in [0.5, 0.6) is 11.5 Å². The number of esters is 1. The van der Waals surface area contributed by atoms with Crippen molar-refractivity contribution in [1.82, 2.24) is 0 Å². The van der Waals surface area contributed by atoms with Crippen molar-refractivity contribution in [2.24, 2.45) is 0 Å². The Kier molecular flexibility index (Phi) is 6.20. The lowest BCUT2D eigenvalue weighted by Gasteiger charge is -2.13. The van der Waals surface area contributed by atoms with Crippen LogP contribution >= 0.6 is 0 Å². The second-order valence-electron chi connectivity index (χ2n) is 6.70. The molecular weight excluding hydrogens is 392 g/mol. The van der Waals surface area contributed by atoms with Crippen LogP contribution in [0.25, 0.3) is 10.8 Å². The lowest BCUT2D eigenvalue weighted by Crippen LogP contribution is -2.17. The van der Waals surface area contributed by atoms with Crippen molar-refractivity contribution in [2.75, 3.05) is 6.61 Å². The van der Waals surface area contributed by atoms with E-state index in [2.05, 4.69) is 13.8 Å². The molecule has 0 saturated heterocycles. The Morgan fingerprint density at radius 1 is 1.00 bits per heavy atom. The molecule has 0 spiro atoms. The van der Waals surface area contributed by atoms with Crippen molar-refractivity contribution in [2.45, 2.75) is 31.1 Å². The summed E-state index contributed by atoms with van der Waals surface area (Å²) in [4.78, 5) is 11.8. The zero-order chi connectivity index (χ0) is 21.0. The lowest BCUT2D eigenvalue weighted by molar-refractivity contribution is -0.136. The molecule has 0 bridgehead atoms. The Morgan fingerprint density at radius 2 is 1.66 bits per heavy atom. The molecule has 0 aliphatic carbocycles. The van der Waals surface area contributed by atoms with Gasteiger partial charge < -0.3 is 14.0 Å². The van der Waals surface area contributed by atoms with Gasteiger partial charge in [0.25, 0.3) is 0 Å². The van der Waals surface area contributed by atoms with Crippen LogP contribution in [0.3, 0.4) is 0 Å². The summed E-state index contributed by atoms with van der Waals surface area (Å²) in [5.74, 6) is 0.516. The molecule has 3 aromatic rings. The highest BCUT2D eigenvalue weighted by Crippen LogP contribution is 2.30. The molecule has 0 fully saturated rings. The summed E-state index contributed by atoms with van der Waals surface area (Å²) in [6.45, 7) is 3.95. The number of ether oxygens (including phenoxy) is 2. The summed E-state index contributed by atoms with van der Waals surface area (Å²) in [6, 6.07) is 16.3. The number of rotatable bonds is 7. The smallest absolute Gasteiger partial charge is 0.349 e. The molecule has 29 heavy (non-hydrogen) atoms. The van der Waals surface area contributed by atoms with Crippen LogP contribution in [0.15, 0.2) is 65.6 Å². The first-order valence-corrected chi connectivity index (χ1v) is 10.6. The molecule has 6 nitrogen and oxygen atoms in total. The highest BCUT2D eigenvalue weighted by Gasteiger charge is 2.13. The fourth-order valence-corrected chi connectivity index (χ4v) is 3.67. The first kappa shape index (κ1) is 20.8. The van der Waals surface area contributed by atoms with Gasteiger partial charge in [0.2, 0.25) is 0 Å². The highest BCUT2D eigenvalue weighted by atomic mass is 32.2. The molecule has 0 aromatic heterocycles. The van der Waals surface area contributed by atoms with E-state index in [-0.39, 0.29) is 22.6 Å². The van der Waals surface area contributed by atoms with E-state index in [4.69, 9.17) is 9.47 Å². The minimum absolute atomic E-state index is 0.161. The molecule has 3 rings (SSSR count). The number of fused-ring (bicyclic) bond motifs is 1. The maximum absolute atomic E-state index is 12.2. The number of hydrogen-bond donors (Lipinski definition) is 0. The lowest BCUT2D eigenvalue weighted by atomic mass is 9.99. The van der Waals surface area contributed by atoms with Crippen LogP contribution in [-0.4, -0.2) is 25.5 Å². The Bertz CT molecular complexity index is 1120. The van der Waals surface area contributed by atoms with Gasteiger partial charge in [-0.25, -0.2) is 13.2 Å². The van der Waals surface area contributed by atoms with E-state index >= 15 is 0 Å². The Labute approximate surface area is 169 Å². The molecule has 1 atom stereocenters. The van der Waals surface area contributed by atoms with E-state index in [0.29, 0.717) is 17.1 Å². The molecule has 0 radical (unpaired) electrons. The van der Waals surface area contributed by atoms with Gasteiger partial charge in [-0.1, -0.05) is 50.2 Å². The van der Waals surface area contributed by atoms with Crippen molar-refractivity contribution in [3.8, 4) is 11.5 Å². The fourth-order valence-electron chi connectivity index (χ4n) is 2.98. The summed E-state index contributed by atoms with van der Waals surface area (Å²) in [6.07, 6.45) is 1.03. The second-order valence-corrected chi connectivity index (χ2v) is 8.05. The molecule has 0 N–H and O–H groups in total. The van der Waals surface area contributed by atoms with Gasteiger partial charge in [-0.3, -0.25) is 0 Å². The molecule has 0 saturated carbocycles. The SMILES string of the molecule is CCC(C)c1ccc(OCC(=O)Oc2cccc3c(S(=O)(=O)[O-])cccc23)cc1. The third kappa shape index (κ3) is 4.93. The third-order valence-corrected chi connectivity index (χ3v) is 5.65. The summed E-state index contributed by atoms with van der Waals surface area (Å²) < 4.78 is 45.1. The van der Waals surface area contributed by atoms with E-state index in [0.717, 1.165) is 6.42 Å². The predicted molar refractivity (Wildman–Crippen MR) is 108 cm³/mol. The van der Waals surface area contributed by atoms with E-state index in [1.807, 2.05) is 12.1 Å². The van der Waals surface area contributed by atoms with Gasteiger partial charge >= 0.3 is 5.97 Å². The van der Waals surface area contributed by atoms with Gasteiger partial charge in [0.15, 0.2) is 6.61 Å². The maximum Gasteiger partial charge on any atom is 0.349 e. The number of benzene rings is 3. The van der Waals surface area contributed by atoms with E-state index in [1.54, 1.807) is 18.2 Å². The molecule has 3 aromatic carbocycles. The summed E-state index contributed by atoms with van der Waals surface area (Å²) in [5.41, 5.74) is 1.20. The molecule has 0 amide bonds. The maximum atomic E-state index is 12.2. The summed E-state index contributed by atoms with van der Waals surface area (Å²) >= 11 is 0. The zero-order valence-electron chi connectivity index (χ0n) is 16.1. The minimum Gasteiger partial charge on any atom is -0.744 e. The Morgan fingerprint density at radius 3 is 2.31 bits per heavy atom. The quantitative estimate of drug-likeness (QED) is 0.327. The molecule has 7 heteroatoms. The number of carbonyl (C=O) groups excluding carboxylic acids is 1. The van der Waals surface area contributed by atoms with E-state index in [9.17, 15) is 17.8 Å². The number of hydrogen-bond acceptors (Lipinski definition) is 6. The van der Waals surface area contributed by atoms with Gasteiger partial charge in [-0.15, -0.1) is 0 Å². The highest BCUT2D eigenvalue weighted by molar-refractivity contribution is 7.86. The minimum atomic E-state index is -4.65. The largest absolute Gasteiger partial charge is 0.744 e. The molecule has 0 aliphatic heterocycles. The van der Waals surface area contributed by atoms with Crippen LogP contribution in [-0.2, 0) is 14.9 Å². The third-order valence-electron chi connectivity index (χ3n) is 4.75. The van der Waals surface area contributed by atoms with E-state index < -0.39 is 16.1 Å². The fraction of sp³-hybridized carbons (Fsp3) is 0.227. The molecule has 0 aliphatic rings. The zero-order valence-corrected chi connectivity index (χ0v) is 16.9. The number of carbonyl (C=O) groups is 1. The van der Waals surface area contributed by atoms with Gasteiger partial charge in [-0.05, 0) is 42.2 Å². The van der Waals surface area contributed by atoms with Crippen molar-refractivity contribution in [1.29, 1.82) is 0 Å². The standard InChI is InChI=1S/C22H22O6S/c1-3-15(2)16-10-12-17(13-11-16)27-14-22(23)28-20-8-4-7-19-18(20)6-5-9-21(19)29(24,25)26/h4-13,15H,3,14H2,1-2H3,(H,24,25,26)/p-1. The monoisotopic (exact) mass is 413 g/mol. The van der Waals surface area contributed by atoms with Gasteiger partial charge in [0.05, 0.1) is 4.90 Å². The van der Waals surface area contributed by atoms with Crippen LogP contribution in [0.1, 0.15) is 31.7 Å². The van der Waals surface area contributed by atoms with Crippen molar-refractivity contribution in [3.63, 3.8) is 0 Å². The second kappa shape index (κ2) is 8.63. The molecule has 152 valence electrons. The van der Waals surface area contributed by atoms with E-state index in [1.165, 1.54) is 35.9 Å². The van der Waals surface area contributed by atoms with Crippen molar-refractivity contribution >= 4 is 26.9 Å². The first-order chi connectivity index (χ1) is 13.8. The average molecular weight is 413 g/mol.